The van der Waals surface area contributed by atoms with Crippen molar-refractivity contribution in [1.29, 1.82) is 0 Å². The number of sulfonamides is 1. The second-order valence-corrected chi connectivity index (χ2v) is 6.74. The van der Waals surface area contributed by atoms with E-state index >= 15 is 0 Å². The smallest absolute Gasteiger partial charge is 0.276 e. The molecule has 1 aliphatic heterocycles. The molecule has 2 heterocycles. The van der Waals surface area contributed by atoms with Gasteiger partial charge in [0.1, 0.15) is 5.76 Å². The lowest BCUT2D eigenvalue weighted by Gasteiger charge is -2.33. The predicted octanol–water partition coefficient (Wildman–Crippen LogP) is 1.73. The van der Waals surface area contributed by atoms with E-state index in [2.05, 4.69) is 11.8 Å². The van der Waals surface area contributed by atoms with Gasteiger partial charge in [-0.3, -0.25) is 0 Å². The maximum atomic E-state index is 12.4. The highest BCUT2D eigenvalue weighted by Crippen LogP contribution is 2.21. The van der Waals surface area contributed by atoms with E-state index in [0.717, 1.165) is 26.1 Å². The zero-order valence-corrected chi connectivity index (χ0v) is 12.6. The largest absolute Gasteiger partial charge is 0.447 e. The molecule has 1 aromatic rings. The fourth-order valence-electron chi connectivity index (χ4n) is 2.21. The summed E-state index contributed by atoms with van der Waals surface area (Å²) in [4.78, 5) is 2.28. The number of hydrogen-bond acceptors (Lipinski definition) is 4. The molecule has 0 radical (unpaired) electrons. The molecule has 0 aliphatic carbocycles. The van der Waals surface area contributed by atoms with Crippen molar-refractivity contribution >= 4 is 21.6 Å². The lowest BCUT2D eigenvalue weighted by Crippen LogP contribution is -2.48. The Hall–Kier alpha value is -0.560. The Morgan fingerprint density at radius 3 is 2.47 bits per heavy atom. The van der Waals surface area contributed by atoms with Gasteiger partial charge in [-0.1, -0.05) is 6.92 Å². The highest BCUT2D eigenvalue weighted by molar-refractivity contribution is 7.89. The van der Waals surface area contributed by atoms with Gasteiger partial charge >= 0.3 is 0 Å². The van der Waals surface area contributed by atoms with Gasteiger partial charge in [-0.2, -0.15) is 4.31 Å². The Balaban J connectivity index is 2.05. The van der Waals surface area contributed by atoms with Crippen LogP contribution in [-0.4, -0.2) is 50.3 Å². The molecule has 0 N–H and O–H groups in total. The van der Waals surface area contributed by atoms with Gasteiger partial charge in [0, 0.05) is 26.2 Å². The lowest BCUT2D eigenvalue weighted by atomic mass is 10.3. The molecule has 1 saturated heterocycles. The van der Waals surface area contributed by atoms with Crippen molar-refractivity contribution in [2.45, 2.75) is 24.3 Å². The number of nitrogens with zero attached hydrogens (tertiary/aromatic N) is 2. The molecule has 1 aliphatic rings. The SMILES string of the molecule is CCCN1CCN(S(=O)(=O)c2ccc(CCl)o2)CC1. The number of rotatable bonds is 5. The summed E-state index contributed by atoms with van der Waals surface area (Å²) >= 11 is 5.62. The minimum Gasteiger partial charge on any atom is -0.447 e. The fourth-order valence-corrected chi connectivity index (χ4v) is 3.70. The Morgan fingerprint density at radius 2 is 1.95 bits per heavy atom. The van der Waals surface area contributed by atoms with E-state index < -0.39 is 10.0 Å². The molecule has 0 saturated carbocycles. The molecule has 5 nitrogen and oxygen atoms in total. The van der Waals surface area contributed by atoms with Crippen LogP contribution in [-0.2, 0) is 15.9 Å². The van der Waals surface area contributed by atoms with E-state index in [4.69, 9.17) is 16.0 Å². The molecule has 0 amide bonds. The molecule has 0 unspecified atom stereocenters. The van der Waals surface area contributed by atoms with Gasteiger partial charge in [0.15, 0.2) is 0 Å². The molecule has 108 valence electrons. The Labute approximate surface area is 119 Å². The molecule has 19 heavy (non-hydrogen) atoms. The average Bonchev–Trinajstić information content (AvgIpc) is 2.89. The third-order valence-electron chi connectivity index (χ3n) is 3.23. The molecule has 7 heteroatoms. The van der Waals surface area contributed by atoms with E-state index in [1.807, 2.05) is 0 Å². The van der Waals surface area contributed by atoms with Crippen molar-refractivity contribution < 1.29 is 12.8 Å². The number of alkyl halides is 1. The van der Waals surface area contributed by atoms with Crippen LogP contribution in [0.1, 0.15) is 19.1 Å². The first-order valence-electron chi connectivity index (χ1n) is 6.45. The monoisotopic (exact) mass is 306 g/mol. The maximum absolute atomic E-state index is 12.4. The van der Waals surface area contributed by atoms with E-state index in [0.29, 0.717) is 18.8 Å². The normalized spacial score (nSPS) is 18.8. The highest BCUT2D eigenvalue weighted by atomic mass is 35.5. The van der Waals surface area contributed by atoms with Crippen LogP contribution in [0.2, 0.25) is 0 Å². The summed E-state index contributed by atoms with van der Waals surface area (Å²) < 4.78 is 31.4. The Kier molecular flexibility index (Phi) is 4.89. The lowest BCUT2D eigenvalue weighted by molar-refractivity contribution is 0.187. The molecule has 1 fully saturated rings. The van der Waals surface area contributed by atoms with Gasteiger partial charge in [-0.25, -0.2) is 8.42 Å². The van der Waals surface area contributed by atoms with Gasteiger partial charge < -0.3 is 9.32 Å². The summed E-state index contributed by atoms with van der Waals surface area (Å²) in [6, 6.07) is 3.08. The molecule has 1 aromatic heterocycles. The first kappa shape index (κ1) is 14.8. The van der Waals surface area contributed by atoms with Crippen LogP contribution < -0.4 is 0 Å². The van der Waals surface area contributed by atoms with Crippen molar-refractivity contribution in [2.75, 3.05) is 32.7 Å². The van der Waals surface area contributed by atoms with Crippen LogP contribution in [0.5, 0.6) is 0 Å². The van der Waals surface area contributed by atoms with Crippen LogP contribution in [0.4, 0.5) is 0 Å². The molecular weight excluding hydrogens is 288 g/mol. The fraction of sp³-hybridized carbons (Fsp3) is 0.667. The second-order valence-electron chi connectivity index (χ2n) is 4.60. The molecule has 2 rings (SSSR count). The summed E-state index contributed by atoms with van der Waals surface area (Å²) in [5.41, 5.74) is 0. The number of furan rings is 1. The van der Waals surface area contributed by atoms with Crippen molar-refractivity contribution in [2.24, 2.45) is 0 Å². The van der Waals surface area contributed by atoms with Crippen molar-refractivity contribution in [3.63, 3.8) is 0 Å². The van der Waals surface area contributed by atoms with Crippen molar-refractivity contribution in [1.82, 2.24) is 9.21 Å². The quantitative estimate of drug-likeness (QED) is 0.778. The number of halogens is 1. The third kappa shape index (κ3) is 3.31. The topological polar surface area (TPSA) is 53.8 Å². The van der Waals surface area contributed by atoms with Gasteiger partial charge in [0.25, 0.3) is 10.0 Å². The minimum atomic E-state index is -3.51. The third-order valence-corrected chi connectivity index (χ3v) is 5.27. The van der Waals surface area contributed by atoms with Crippen LogP contribution in [0.15, 0.2) is 21.6 Å². The number of hydrogen-bond donors (Lipinski definition) is 0. The minimum absolute atomic E-state index is 0.00732. The zero-order valence-electron chi connectivity index (χ0n) is 11.0. The number of piperazine rings is 1. The first-order valence-corrected chi connectivity index (χ1v) is 8.42. The van der Waals surface area contributed by atoms with Crippen LogP contribution >= 0.6 is 11.6 Å². The van der Waals surface area contributed by atoms with Gasteiger partial charge in [0.05, 0.1) is 5.88 Å². The summed E-state index contributed by atoms with van der Waals surface area (Å²) in [5.74, 6) is 0.657. The van der Waals surface area contributed by atoms with E-state index in [1.165, 1.54) is 10.4 Å². The summed E-state index contributed by atoms with van der Waals surface area (Å²) in [7, 11) is -3.51. The molecule has 0 spiro atoms. The molecule has 0 atom stereocenters. The molecule has 0 bridgehead atoms. The average molecular weight is 307 g/mol. The second kappa shape index (κ2) is 6.26. The van der Waals surface area contributed by atoms with Gasteiger partial charge in [-0.15, -0.1) is 11.6 Å². The molecular formula is C12H19ClN2O3S. The van der Waals surface area contributed by atoms with Gasteiger partial charge in [-0.05, 0) is 25.1 Å². The Morgan fingerprint density at radius 1 is 1.26 bits per heavy atom. The summed E-state index contributed by atoms with van der Waals surface area (Å²) in [6.45, 7) is 5.72. The van der Waals surface area contributed by atoms with Crippen molar-refractivity contribution in [3.05, 3.63) is 17.9 Å². The zero-order chi connectivity index (χ0) is 13.9. The van der Waals surface area contributed by atoms with E-state index in [1.54, 1.807) is 6.07 Å². The van der Waals surface area contributed by atoms with Crippen molar-refractivity contribution in [3.8, 4) is 0 Å². The highest BCUT2D eigenvalue weighted by Gasteiger charge is 2.30. The van der Waals surface area contributed by atoms with E-state index in [9.17, 15) is 8.42 Å². The predicted molar refractivity (Wildman–Crippen MR) is 73.8 cm³/mol. The first-order chi connectivity index (χ1) is 9.07. The summed E-state index contributed by atoms with van der Waals surface area (Å²) in [5, 5.41) is -0.00732. The maximum Gasteiger partial charge on any atom is 0.276 e. The van der Waals surface area contributed by atoms with Crippen LogP contribution in [0.25, 0.3) is 0 Å². The molecule has 0 aromatic carbocycles. The van der Waals surface area contributed by atoms with Crippen LogP contribution in [0, 0.1) is 0 Å². The van der Waals surface area contributed by atoms with Gasteiger partial charge in [0.2, 0.25) is 5.09 Å². The van der Waals surface area contributed by atoms with E-state index in [-0.39, 0.29) is 11.0 Å². The standard InChI is InChI=1S/C12H19ClN2O3S/c1-2-5-14-6-8-15(9-7-14)19(16,17)12-4-3-11(10-13)18-12/h3-4H,2,5-10H2,1H3. The van der Waals surface area contributed by atoms with Crippen LogP contribution in [0.3, 0.4) is 0 Å². The summed E-state index contributed by atoms with van der Waals surface area (Å²) in [6.07, 6.45) is 1.09. The Bertz CT molecular complexity index is 507.